The Morgan fingerprint density at radius 2 is 2.37 bits per heavy atom. The van der Waals surface area contributed by atoms with Crippen LogP contribution in [0.5, 0.6) is 5.88 Å². The van der Waals surface area contributed by atoms with E-state index in [1.54, 1.807) is 17.3 Å². The van der Waals surface area contributed by atoms with Crippen LogP contribution in [0.2, 0.25) is 0 Å². The standard InChI is InChI=1S/C13H19N3O3/c1-9(2)8-19-12-7-14-6-11(15-12)16-5-3-4-10(16)13(17)18/h6-7,9-10H,3-5,8H2,1-2H3,(H,17,18). The summed E-state index contributed by atoms with van der Waals surface area (Å²) in [4.78, 5) is 21.4. The number of nitrogens with zero attached hydrogens (tertiary/aromatic N) is 3. The fourth-order valence-electron chi connectivity index (χ4n) is 2.10. The number of aliphatic carboxylic acids is 1. The highest BCUT2D eigenvalue weighted by Crippen LogP contribution is 2.24. The lowest BCUT2D eigenvalue weighted by molar-refractivity contribution is -0.138. The van der Waals surface area contributed by atoms with Gasteiger partial charge in [0.25, 0.3) is 0 Å². The lowest BCUT2D eigenvalue weighted by atomic mass is 10.2. The number of hydrogen-bond acceptors (Lipinski definition) is 5. The number of anilines is 1. The monoisotopic (exact) mass is 265 g/mol. The van der Waals surface area contributed by atoms with Crippen LogP contribution in [0.1, 0.15) is 26.7 Å². The normalized spacial score (nSPS) is 18.9. The maximum Gasteiger partial charge on any atom is 0.326 e. The summed E-state index contributed by atoms with van der Waals surface area (Å²) in [5.74, 6) is 0.616. The van der Waals surface area contributed by atoms with Crippen LogP contribution >= 0.6 is 0 Å². The predicted octanol–water partition coefficient (Wildman–Crippen LogP) is 1.56. The number of ether oxygens (including phenoxy) is 1. The van der Waals surface area contributed by atoms with Crippen molar-refractivity contribution >= 4 is 11.8 Å². The Hall–Kier alpha value is -1.85. The van der Waals surface area contributed by atoms with Gasteiger partial charge in [-0.1, -0.05) is 13.8 Å². The molecule has 1 fully saturated rings. The first-order valence-electron chi connectivity index (χ1n) is 6.52. The number of rotatable bonds is 5. The molecule has 6 heteroatoms. The molecule has 1 saturated heterocycles. The molecule has 1 atom stereocenters. The first kappa shape index (κ1) is 13.6. The van der Waals surface area contributed by atoms with Gasteiger partial charge in [0.1, 0.15) is 6.04 Å². The molecule has 1 aliphatic rings. The van der Waals surface area contributed by atoms with Gasteiger partial charge in [-0.2, -0.15) is 4.98 Å². The summed E-state index contributed by atoms with van der Waals surface area (Å²) in [6.45, 7) is 5.37. The molecule has 0 saturated carbocycles. The Labute approximate surface area is 112 Å². The van der Waals surface area contributed by atoms with Gasteiger partial charge < -0.3 is 14.7 Å². The SMILES string of the molecule is CC(C)COc1cncc(N2CCCC2C(=O)O)n1. The third-order valence-electron chi connectivity index (χ3n) is 3.00. The van der Waals surface area contributed by atoms with Crippen molar-refractivity contribution in [2.75, 3.05) is 18.1 Å². The second-order valence-corrected chi connectivity index (χ2v) is 5.11. The summed E-state index contributed by atoms with van der Waals surface area (Å²) in [6, 6.07) is -0.505. The summed E-state index contributed by atoms with van der Waals surface area (Å²) in [6.07, 6.45) is 4.64. The van der Waals surface area contributed by atoms with Crippen LogP contribution in [0.15, 0.2) is 12.4 Å². The highest BCUT2D eigenvalue weighted by molar-refractivity contribution is 5.78. The van der Waals surface area contributed by atoms with Crippen LogP contribution < -0.4 is 9.64 Å². The Balaban J connectivity index is 2.11. The van der Waals surface area contributed by atoms with Crippen LogP contribution in [0.3, 0.4) is 0 Å². The molecular formula is C13H19N3O3. The molecule has 1 aromatic rings. The summed E-state index contributed by atoms with van der Waals surface area (Å²) >= 11 is 0. The smallest absolute Gasteiger partial charge is 0.326 e. The molecule has 0 aromatic carbocycles. The average Bonchev–Trinajstić information content (AvgIpc) is 2.86. The van der Waals surface area contributed by atoms with E-state index in [-0.39, 0.29) is 0 Å². The minimum atomic E-state index is -0.812. The van der Waals surface area contributed by atoms with Crippen molar-refractivity contribution in [2.24, 2.45) is 5.92 Å². The van der Waals surface area contributed by atoms with E-state index in [4.69, 9.17) is 9.84 Å². The van der Waals surface area contributed by atoms with Gasteiger partial charge in [0.15, 0.2) is 5.82 Å². The van der Waals surface area contributed by atoms with Gasteiger partial charge in [0.05, 0.1) is 19.0 Å². The van der Waals surface area contributed by atoms with E-state index in [0.717, 1.165) is 6.42 Å². The van der Waals surface area contributed by atoms with Crippen LogP contribution in [0.4, 0.5) is 5.82 Å². The zero-order valence-electron chi connectivity index (χ0n) is 11.2. The summed E-state index contributed by atoms with van der Waals surface area (Å²) < 4.78 is 5.52. The third-order valence-corrected chi connectivity index (χ3v) is 3.00. The Kier molecular flexibility index (Phi) is 4.19. The number of carbonyl (C=O) groups is 1. The molecule has 0 aliphatic carbocycles. The zero-order chi connectivity index (χ0) is 13.8. The van der Waals surface area contributed by atoms with Gasteiger partial charge in [0.2, 0.25) is 5.88 Å². The van der Waals surface area contributed by atoms with Crippen LogP contribution in [0, 0.1) is 5.92 Å². The fourth-order valence-corrected chi connectivity index (χ4v) is 2.10. The molecular weight excluding hydrogens is 246 g/mol. The maximum absolute atomic E-state index is 11.2. The zero-order valence-corrected chi connectivity index (χ0v) is 11.2. The molecule has 2 rings (SSSR count). The lowest BCUT2D eigenvalue weighted by Gasteiger charge is -2.22. The van der Waals surface area contributed by atoms with Crippen molar-refractivity contribution in [1.29, 1.82) is 0 Å². The van der Waals surface area contributed by atoms with Crippen LogP contribution in [0.25, 0.3) is 0 Å². The van der Waals surface area contributed by atoms with Crippen molar-refractivity contribution in [3.8, 4) is 5.88 Å². The molecule has 0 bridgehead atoms. The summed E-state index contributed by atoms with van der Waals surface area (Å²) in [5, 5.41) is 9.17. The molecule has 1 N–H and O–H groups in total. The van der Waals surface area contributed by atoms with Gasteiger partial charge in [-0.25, -0.2) is 4.79 Å². The van der Waals surface area contributed by atoms with Crippen molar-refractivity contribution in [2.45, 2.75) is 32.7 Å². The molecule has 2 heterocycles. The van der Waals surface area contributed by atoms with E-state index < -0.39 is 12.0 Å². The van der Waals surface area contributed by atoms with E-state index in [1.165, 1.54) is 0 Å². The molecule has 0 radical (unpaired) electrons. The summed E-state index contributed by atoms with van der Waals surface area (Å²) in [7, 11) is 0. The Morgan fingerprint density at radius 1 is 1.58 bits per heavy atom. The molecule has 0 amide bonds. The summed E-state index contributed by atoms with van der Waals surface area (Å²) in [5.41, 5.74) is 0. The van der Waals surface area contributed by atoms with Crippen LogP contribution in [-0.2, 0) is 4.79 Å². The van der Waals surface area contributed by atoms with E-state index in [0.29, 0.717) is 37.2 Å². The van der Waals surface area contributed by atoms with Crippen molar-refractivity contribution in [3.05, 3.63) is 12.4 Å². The highest BCUT2D eigenvalue weighted by Gasteiger charge is 2.31. The van der Waals surface area contributed by atoms with Crippen molar-refractivity contribution < 1.29 is 14.6 Å². The molecule has 1 aromatic heterocycles. The second kappa shape index (κ2) is 5.86. The highest BCUT2D eigenvalue weighted by atomic mass is 16.5. The first-order valence-corrected chi connectivity index (χ1v) is 6.52. The van der Waals surface area contributed by atoms with Gasteiger partial charge in [-0.3, -0.25) is 4.98 Å². The van der Waals surface area contributed by atoms with E-state index >= 15 is 0 Å². The van der Waals surface area contributed by atoms with Gasteiger partial charge >= 0.3 is 5.97 Å². The Bertz CT molecular complexity index is 451. The molecule has 0 spiro atoms. The van der Waals surface area contributed by atoms with Gasteiger partial charge in [-0.05, 0) is 18.8 Å². The van der Waals surface area contributed by atoms with E-state index in [1.807, 2.05) is 0 Å². The van der Waals surface area contributed by atoms with Crippen LogP contribution in [-0.4, -0.2) is 40.2 Å². The number of hydrogen-bond donors (Lipinski definition) is 1. The topological polar surface area (TPSA) is 75.5 Å². The lowest BCUT2D eigenvalue weighted by Crippen LogP contribution is -2.36. The van der Waals surface area contributed by atoms with E-state index in [2.05, 4.69) is 23.8 Å². The van der Waals surface area contributed by atoms with Gasteiger partial charge in [0, 0.05) is 6.54 Å². The number of carboxylic acids is 1. The van der Waals surface area contributed by atoms with Crippen molar-refractivity contribution in [1.82, 2.24) is 9.97 Å². The van der Waals surface area contributed by atoms with E-state index in [9.17, 15) is 4.79 Å². The second-order valence-electron chi connectivity index (χ2n) is 5.11. The molecule has 6 nitrogen and oxygen atoms in total. The minimum absolute atomic E-state index is 0.406. The molecule has 1 aliphatic heterocycles. The minimum Gasteiger partial charge on any atom is -0.480 e. The Morgan fingerprint density at radius 3 is 3.05 bits per heavy atom. The molecule has 104 valence electrons. The third kappa shape index (κ3) is 3.33. The molecule has 19 heavy (non-hydrogen) atoms. The van der Waals surface area contributed by atoms with Gasteiger partial charge in [-0.15, -0.1) is 0 Å². The largest absolute Gasteiger partial charge is 0.480 e. The quantitative estimate of drug-likeness (QED) is 0.870. The van der Waals surface area contributed by atoms with Crippen molar-refractivity contribution in [3.63, 3.8) is 0 Å². The first-order chi connectivity index (χ1) is 9.08. The maximum atomic E-state index is 11.2. The predicted molar refractivity (Wildman–Crippen MR) is 70.4 cm³/mol. The molecule has 1 unspecified atom stereocenters. The number of aromatic nitrogens is 2. The fraction of sp³-hybridized carbons (Fsp3) is 0.615. The number of carboxylic acid groups (broad SMARTS) is 1. The average molecular weight is 265 g/mol.